The third-order valence-corrected chi connectivity index (χ3v) is 2.95. The summed E-state index contributed by atoms with van der Waals surface area (Å²) in [5.74, 6) is 1.06. The van der Waals surface area contributed by atoms with E-state index in [9.17, 15) is 4.79 Å². The summed E-state index contributed by atoms with van der Waals surface area (Å²) >= 11 is 1.87. The van der Waals surface area contributed by atoms with Gasteiger partial charge in [0.25, 0.3) is 0 Å². The number of ether oxygens (including phenoxy) is 1. The van der Waals surface area contributed by atoms with Crippen LogP contribution in [0.4, 0.5) is 0 Å². The van der Waals surface area contributed by atoms with Gasteiger partial charge in [0.2, 0.25) is 0 Å². The minimum Gasteiger partial charge on any atom is -0.469 e. The van der Waals surface area contributed by atoms with Gasteiger partial charge in [0.05, 0.1) is 12.5 Å². The fourth-order valence-corrected chi connectivity index (χ4v) is 1.74. The number of unbranched alkanes of at least 4 members (excludes halogenated alkanes) is 1. The van der Waals surface area contributed by atoms with Crippen molar-refractivity contribution in [2.24, 2.45) is 5.41 Å². The van der Waals surface area contributed by atoms with Crippen LogP contribution in [0.3, 0.4) is 0 Å². The quantitative estimate of drug-likeness (QED) is 0.513. The Bertz CT molecular complexity index is 183. The van der Waals surface area contributed by atoms with Gasteiger partial charge >= 0.3 is 5.97 Å². The molecule has 0 spiro atoms. The van der Waals surface area contributed by atoms with Crippen LogP contribution < -0.4 is 5.32 Å². The number of hydrogen-bond acceptors (Lipinski definition) is 4. The maximum atomic E-state index is 11.3. The zero-order valence-electron chi connectivity index (χ0n) is 10.3. The predicted octanol–water partition coefficient (Wildman–Crippen LogP) is 1.92. The molecule has 0 saturated heterocycles. The molecule has 0 heterocycles. The molecule has 0 aliphatic rings. The van der Waals surface area contributed by atoms with Crippen molar-refractivity contribution in [1.29, 1.82) is 0 Å². The first-order valence-electron chi connectivity index (χ1n) is 5.32. The Morgan fingerprint density at radius 2 is 2.07 bits per heavy atom. The molecule has 0 aliphatic carbocycles. The lowest BCUT2D eigenvalue weighted by Crippen LogP contribution is -2.37. The van der Waals surface area contributed by atoms with Gasteiger partial charge in [0, 0.05) is 6.54 Å². The minimum atomic E-state index is -0.422. The van der Waals surface area contributed by atoms with Gasteiger partial charge in [-0.2, -0.15) is 11.8 Å². The lowest BCUT2D eigenvalue weighted by molar-refractivity contribution is -0.150. The number of methoxy groups -OCH3 is 1. The van der Waals surface area contributed by atoms with E-state index < -0.39 is 5.41 Å². The number of carbonyl (C=O) groups is 1. The van der Waals surface area contributed by atoms with Crippen molar-refractivity contribution in [3.63, 3.8) is 0 Å². The topological polar surface area (TPSA) is 38.3 Å². The van der Waals surface area contributed by atoms with Crippen LogP contribution in [0, 0.1) is 5.41 Å². The first kappa shape index (κ1) is 14.8. The number of esters is 1. The van der Waals surface area contributed by atoms with Crippen LogP contribution in [0.1, 0.15) is 26.7 Å². The summed E-state index contributed by atoms with van der Waals surface area (Å²) in [4.78, 5) is 11.3. The highest BCUT2D eigenvalue weighted by Crippen LogP contribution is 2.15. The SMILES string of the molecule is COC(=O)C(C)(C)CNCCCCSC. The van der Waals surface area contributed by atoms with Crippen LogP contribution in [0.5, 0.6) is 0 Å². The Kier molecular flexibility index (Phi) is 7.88. The summed E-state index contributed by atoms with van der Waals surface area (Å²) in [5.41, 5.74) is -0.422. The van der Waals surface area contributed by atoms with E-state index in [0.717, 1.165) is 13.0 Å². The Hall–Kier alpha value is -0.220. The smallest absolute Gasteiger partial charge is 0.312 e. The molecular weight excluding hydrogens is 210 g/mol. The van der Waals surface area contributed by atoms with Crippen molar-refractivity contribution in [2.75, 3.05) is 32.2 Å². The number of thioether (sulfide) groups is 1. The molecule has 1 N–H and O–H groups in total. The molecule has 0 amide bonds. The molecule has 0 aromatic carbocycles. The van der Waals surface area contributed by atoms with E-state index >= 15 is 0 Å². The van der Waals surface area contributed by atoms with Crippen molar-refractivity contribution in [1.82, 2.24) is 5.32 Å². The van der Waals surface area contributed by atoms with E-state index in [1.165, 1.54) is 19.3 Å². The standard InChI is InChI=1S/C11H23NO2S/c1-11(2,10(13)14-3)9-12-7-5-6-8-15-4/h12H,5-9H2,1-4H3. The normalized spacial score (nSPS) is 11.5. The number of carbonyl (C=O) groups excluding carboxylic acids is 1. The molecule has 0 bridgehead atoms. The Balaban J connectivity index is 3.53. The molecule has 0 unspecified atom stereocenters. The molecule has 0 atom stereocenters. The molecule has 3 nitrogen and oxygen atoms in total. The van der Waals surface area contributed by atoms with Gasteiger partial charge in [-0.05, 0) is 45.2 Å². The summed E-state index contributed by atoms with van der Waals surface area (Å²) in [6.45, 7) is 5.45. The lowest BCUT2D eigenvalue weighted by atomic mass is 9.94. The summed E-state index contributed by atoms with van der Waals surface area (Å²) in [6, 6.07) is 0. The average Bonchev–Trinajstić information content (AvgIpc) is 2.22. The van der Waals surface area contributed by atoms with Crippen molar-refractivity contribution in [3.8, 4) is 0 Å². The van der Waals surface area contributed by atoms with Crippen molar-refractivity contribution in [3.05, 3.63) is 0 Å². The largest absolute Gasteiger partial charge is 0.469 e. The van der Waals surface area contributed by atoms with E-state index in [0.29, 0.717) is 6.54 Å². The molecule has 0 aliphatic heterocycles. The summed E-state index contributed by atoms with van der Waals surface area (Å²) in [6.07, 6.45) is 4.51. The second kappa shape index (κ2) is 7.99. The van der Waals surface area contributed by atoms with Crippen LogP contribution in [0.15, 0.2) is 0 Å². The highest BCUT2D eigenvalue weighted by molar-refractivity contribution is 7.98. The monoisotopic (exact) mass is 233 g/mol. The van der Waals surface area contributed by atoms with Gasteiger partial charge in [-0.3, -0.25) is 4.79 Å². The Morgan fingerprint density at radius 1 is 1.40 bits per heavy atom. The molecule has 0 rings (SSSR count). The molecule has 0 aromatic rings. The van der Waals surface area contributed by atoms with Gasteiger partial charge in [-0.1, -0.05) is 0 Å². The molecule has 4 heteroatoms. The average molecular weight is 233 g/mol. The van der Waals surface area contributed by atoms with E-state index in [4.69, 9.17) is 4.74 Å². The van der Waals surface area contributed by atoms with E-state index in [1.807, 2.05) is 25.6 Å². The van der Waals surface area contributed by atoms with Crippen molar-refractivity contribution in [2.45, 2.75) is 26.7 Å². The molecule has 90 valence electrons. The highest BCUT2D eigenvalue weighted by Gasteiger charge is 2.27. The van der Waals surface area contributed by atoms with Gasteiger partial charge < -0.3 is 10.1 Å². The molecule has 0 saturated carbocycles. The van der Waals surface area contributed by atoms with Gasteiger partial charge in [-0.25, -0.2) is 0 Å². The molecule has 0 fully saturated rings. The van der Waals surface area contributed by atoms with Gasteiger partial charge in [0.1, 0.15) is 0 Å². The first-order chi connectivity index (χ1) is 7.04. The van der Waals surface area contributed by atoms with Crippen LogP contribution in [-0.4, -0.2) is 38.2 Å². The van der Waals surface area contributed by atoms with Gasteiger partial charge in [-0.15, -0.1) is 0 Å². The van der Waals surface area contributed by atoms with Crippen molar-refractivity contribution >= 4 is 17.7 Å². The molecule has 0 aromatic heterocycles. The van der Waals surface area contributed by atoms with Crippen LogP contribution in [0.2, 0.25) is 0 Å². The van der Waals surface area contributed by atoms with Crippen LogP contribution in [-0.2, 0) is 9.53 Å². The zero-order valence-corrected chi connectivity index (χ0v) is 11.1. The molecular formula is C11H23NO2S. The maximum absolute atomic E-state index is 11.3. The Morgan fingerprint density at radius 3 is 2.60 bits per heavy atom. The second-order valence-electron chi connectivity index (χ2n) is 4.25. The Labute approximate surface area is 97.3 Å². The van der Waals surface area contributed by atoms with Crippen LogP contribution >= 0.6 is 11.8 Å². The third kappa shape index (κ3) is 6.79. The number of nitrogens with one attached hydrogen (secondary N) is 1. The van der Waals surface area contributed by atoms with E-state index in [2.05, 4.69) is 11.6 Å². The first-order valence-corrected chi connectivity index (χ1v) is 6.72. The van der Waals surface area contributed by atoms with Crippen molar-refractivity contribution < 1.29 is 9.53 Å². The highest BCUT2D eigenvalue weighted by atomic mass is 32.2. The summed E-state index contributed by atoms with van der Waals surface area (Å²) < 4.78 is 4.73. The van der Waals surface area contributed by atoms with E-state index in [1.54, 1.807) is 0 Å². The number of hydrogen-bond donors (Lipinski definition) is 1. The second-order valence-corrected chi connectivity index (χ2v) is 5.24. The van der Waals surface area contributed by atoms with E-state index in [-0.39, 0.29) is 5.97 Å². The summed E-state index contributed by atoms with van der Waals surface area (Å²) in [7, 11) is 1.43. The summed E-state index contributed by atoms with van der Waals surface area (Å²) in [5, 5.41) is 3.29. The fourth-order valence-electron chi connectivity index (χ4n) is 1.25. The zero-order chi connectivity index (χ0) is 11.7. The third-order valence-electron chi connectivity index (χ3n) is 2.26. The molecule has 0 radical (unpaired) electrons. The number of rotatable bonds is 8. The minimum absolute atomic E-state index is 0.154. The predicted molar refractivity (Wildman–Crippen MR) is 66.3 cm³/mol. The fraction of sp³-hybridized carbons (Fsp3) is 0.909. The molecule has 15 heavy (non-hydrogen) atoms. The lowest BCUT2D eigenvalue weighted by Gasteiger charge is -2.21. The van der Waals surface area contributed by atoms with Crippen LogP contribution in [0.25, 0.3) is 0 Å². The van der Waals surface area contributed by atoms with Gasteiger partial charge in [0.15, 0.2) is 0 Å². The maximum Gasteiger partial charge on any atom is 0.312 e.